The molecule has 0 unspecified atom stereocenters. The number of fused-ring (bicyclic) bond motifs is 1. The number of ether oxygens (including phenoxy) is 1. The van der Waals surface area contributed by atoms with Gasteiger partial charge in [-0.15, -0.1) is 0 Å². The van der Waals surface area contributed by atoms with Gasteiger partial charge in [-0.05, 0) is 26.8 Å². The van der Waals surface area contributed by atoms with Gasteiger partial charge in [0.1, 0.15) is 0 Å². The lowest BCUT2D eigenvalue weighted by atomic mass is 9.93. The summed E-state index contributed by atoms with van der Waals surface area (Å²) >= 11 is 0. The van der Waals surface area contributed by atoms with Crippen LogP contribution in [0.15, 0.2) is 24.3 Å². The van der Waals surface area contributed by atoms with Crippen molar-refractivity contribution in [2.75, 3.05) is 19.0 Å². The van der Waals surface area contributed by atoms with Gasteiger partial charge >= 0.3 is 5.97 Å². The Bertz CT molecular complexity index is 599. The van der Waals surface area contributed by atoms with Gasteiger partial charge < -0.3 is 15.0 Å². The summed E-state index contributed by atoms with van der Waals surface area (Å²) in [6.45, 7) is 6.29. The molecule has 0 atom stereocenters. The van der Waals surface area contributed by atoms with E-state index in [2.05, 4.69) is 16.4 Å². The third kappa shape index (κ3) is 2.57. The molecule has 19 heavy (non-hydrogen) atoms. The zero-order chi connectivity index (χ0) is 14.0. The van der Waals surface area contributed by atoms with Crippen molar-refractivity contribution < 1.29 is 9.53 Å². The predicted molar refractivity (Wildman–Crippen MR) is 77.3 cm³/mol. The van der Waals surface area contributed by atoms with E-state index in [1.54, 1.807) is 0 Å². The van der Waals surface area contributed by atoms with Crippen molar-refractivity contribution in [2.24, 2.45) is 5.41 Å². The number of nitrogens with one attached hydrogen (secondary N) is 2. The molecule has 0 aliphatic carbocycles. The number of methoxy groups -OCH3 is 1. The quantitative estimate of drug-likeness (QED) is 0.831. The summed E-state index contributed by atoms with van der Waals surface area (Å²) in [7, 11) is 1.42. The Kier molecular flexibility index (Phi) is 3.51. The Balaban J connectivity index is 2.23. The first-order chi connectivity index (χ1) is 8.95. The van der Waals surface area contributed by atoms with Crippen LogP contribution in [-0.4, -0.2) is 24.6 Å². The SMILES string of the molecule is COC(=O)C(C)(C)CNc1c(C)[nH]c2ccccc12. The maximum absolute atomic E-state index is 11.7. The Morgan fingerprint density at radius 2 is 2.05 bits per heavy atom. The van der Waals surface area contributed by atoms with Crippen molar-refractivity contribution in [2.45, 2.75) is 20.8 Å². The molecule has 0 aliphatic heterocycles. The number of para-hydroxylation sites is 1. The van der Waals surface area contributed by atoms with E-state index in [0.717, 1.165) is 22.3 Å². The summed E-state index contributed by atoms with van der Waals surface area (Å²) in [5.74, 6) is -0.211. The number of anilines is 1. The molecule has 1 aromatic heterocycles. The van der Waals surface area contributed by atoms with Crippen LogP contribution in [0.2, 0.25) is 0 Å². The average molecular weight is 260 g/mol. The maximum atomic E-state index is 11.7. The number of esters is 1. The lowest BCUT2D eigenvalue weighted by molar-refractivity contribution is -0.149. The highest BCUT2D eigenvalue weighted by Gasteiger charge is 2.28. The summed E-state index contributed by atoms with van der Waals surface area (Å²) in [5.41, 5.74) is 2.66. The maximum Gasteiger partial charge on any atom is 0.313 e. The van der Waals surface area contributed by atoms with Gasteiger partial charge in [0, 0.05) is 23.1 Å². The van der Waals surface area contributed by atoms with Crippen LogP contribution < -0.4 is 5.32 Å². The van der Waals surface area contributed by atoms with Crippen LogP contribution in [0, 0.1) is 12.3 Å². The van der Waals surface area contributed by atoms with Crippen molar-refractivity contribution in [1.82, 2.24) is 4.98 Å². The number of aromatic amines is 1. The van der Waals surface area contributed by atoms with E-state index in [1.807, 2.05) is 39.0 Å². The number of carbonyl (C=O) groups excluding carboxylic acids is 1. The van der Waals surface area contributed by atoms with E-state index in [4.69, 9.17) is 4.74 Å². The number of hydrogen-bond acceptors (Lipinski definition) is 3. The summed E-state index contributed by atoms with van der Waals surface area (Å²) in [6.07, 6.45) is 0. The van der Waals surface area contributed by atoms with Crippen molar-refractivity contribution >= 4 is 22.6 Å². The smallest absolute Gasteiger partial charge is 0.313 e. The number of H-pyrrole nitrogens is 1. The van der Waals surface area contributed by atoms with Crippen LogP contribution in [0.4, 0.5) is 5.69 Å². The Hall–Kier alpha value is -1.97. The van der Waals surface area contributed by atoms with E-state index in [0.29, 0.717) is 6.54 Å². The fraction of sp³-hybridized carbons (Fsp3) is 0.400. The monoisotopic (exact) mass is 260 g/mol. The van der Waals surface area contributed by atoms with Gasteiger partial charge in [-0.1, -0.05) is 18.2 Å². The number of hydrogen-bond donors (Lipinski definition) is 2. The van der Waals surface area contributed by atoms with Crippen LogP contribution in [0.3, 0.4) is 0 Å². The molecule has 0 fully saturated rings. The van der Waals surface area contributed by atoms with Crippen LogP contribution in [0.1, 0.15) is 19.5 Å². The zero-order valence-electron chi connectivity index (χ0n) is 11.8. The molecule has 0 bridgehead atoms. The zero-order valence-corrected chi connectivity index (χ0v) is 11.8. The molecule has 2 N–H and O–H groups in total. The number of aryl methyl sites for hydroxylation is 1. The Labute approximate surface area is 113 Å². The largest absolute Gasteiger partial charge is 0.469 e. The topological polar surface area (TPSA) is 54.1 Å². The first kappa shape index (κ1) is 13.5. The third-order valence-electron chi connectivity index (χ3n) is 3.34. The summed E-state index contributed by atoms with van der Waals surface area (Å²) in [4.78, 5) is 15.0. The van der Waals surface area contributed by atoms with E-state index in [1.165, 1.54) is 7.11 Å². The number of aromatic nitrogens is 1. The highest BCUT2D eigenvalue weighted by molar-refractivity contribution is 5.94. The molecule has 0 saturated carbocycles. The molecule has 0 radical (unpaired) electrons. The first-order valence-electron chi connectivity index (χ1n) is 6.35. The number of benzene rings is 1. The van der Waals surface area contributed by atoms with Gasteiger partial charge in [-0.2, -0.15) is 0 Å². The van der Waals surface area contributed by atoms with E-state index in [-0.39, 0.29) is 5.97 Å². The standard InChI is InChI=1S/C15H20N2O2/c1-10-13(11-7-5-6-8-12(11)17-10)16-9-15(2,3)14(18)19-4/h5-8,16-17H,9H2,1-4H3. The molecule has 4 nitrogen and oxygen atoms in total. The average Bonchev–Trinajstić information content (AvgIpc) is 2.71. The molecule has 1 heterocycles. The minimum Gasteiger partial charge on any atom is -0.469 e. The van der Waals surface area contributed by atoms with Crippen molar-refractivity contribution in [3.63, 3.8) is 0 Å². The molecule has 102 valence electrons. The highest BCUT2D eigenvalue weighted by Crippen LogP contribution is 2.28. The van der Waals surface area contributed by atoms with Crippen molar-refractivity contribution in [1.29, 1.82) is 0 Å². The minimum absolute atomic E-state index is 0.211. The molecule has 0 saturated heterocycles. The molecular formula is C15H20N2O2. The van der Waals surface area contributed by atoms with Crippen molar-refractivity contribution in [3.8, 4) is 0 Å². The molecular weight excluding hydrogens is 240 g/mol. The lowest BCUT2D eigenvalue weighted by Gasteiger charge is -2.22. The van der Waals surface area contributed by atoms with Crippen LogP contribution >= 0.6 is 0 Å². The molecule has 0 amide bonds. The molecule has 0 spiro atoms. The fourth-order valence-corrected chi connectivity index (χ4v) is 2.16. The normalized spacial score (nSPS) is 11.6. The number of carbonyl (C=O) groups is 1. The number of rotatable bonds is 4. The predicted octanol–water partition coefficient (Wildman–Crippen LogP) is 3.09. The van der Waals surface area contributed by atoms with Gasteiger partial charge in [0.15, 0.2) is 0 Å². The summed E-state index contributed by atoms with van der Waals surface area (Å²) in [6, 6.07) is 8.11. The van der Waals surface area contributed by atoms with Gasteiger partial charge in [-0.3, -0.25) is 4.79 Å². The molecule has 2 rings (SSSR count). The second-order valence-electron chi connectivity index (χ2n) is 5.40. The van der Waals surface area contributed by atoms with E-state index >= 15 is 0 Å². The molecule has 4 heteroatoms. The summed E-state index contributed by atoms with van der Waals surface area (Å²) in [5, 5.41) is 4.50. The van der Waals surface area contributed by atoms with Gasteiger partial charge in [0.25, 0.3) is 0 Å². The second kappa shape index (κ2) is 4.96. The first-order valence-corrected chi connectivity index (χ1v) is 6.35. The molecule has 2 aromatic rings. The van der Waals surface area contributed by atoms with Crippen LogP contribution in [-0.2, 0) is 9.53 Å². The van der Waals surface area contributed by atoms with Gasteiger partial charge in [0.05, 0.1) is 18.2 Å². The third-order valence-corrected chi connectivity index (χ3v) is 3.34. The Morgan fingerprint density at radius 3 is 2.74 bits per heavy atom. The van der Waals surface area contributed by atoms with Gasteiger partial charge in [-0.25, -0.2) is 0 Å². The van der Waals surface area contributed by atoms with Crippen LogP contribution in [0.5, 0.6) is 0 Å². The highest BCUT2D eigenvalue weighted by atomic mass is 16.5. The summed E-state index contributed by atoms with van der Waals surface area (Å²) < 4.78 is 4.82. The van der Waals surface area contributed by atoms with Crippen LogP contribution in [0.25, 0.3) is 10.9 Å². The minimum atomic E-state index is -0.556. The van der Waals surface area contributed by atoms with E-state index in [9.17, 15) is 4.79 Å². The second-order valence-corrected chi connectivity index (χ2v) is 5.40. The van der Waals surface area contributed by atoms with Gasteiger partial charge in [0.2, 0.25) is 0 Å². The molecule has 0 aliphatic rings. The lowest BCUT2D eigenvalue weighted by Crippen LogP contribution is -2.33. The van der Waals surface area contributed by atoms with Crippen molar-refractivity contribution in [3.05, 3.63) is 30.0 Å². The molecule has 1 aromatic carbocycles. The van der Waals surface area contributed by atoms with E-state index < -0.39 is 5.41 Å². The Morgan fingerprint density at radius 1 is 1.37 bits per heavy atom. The fourth-order valence-electron chi connectivity index (χ4n) is 2.16.